The molecule has 1 aromatic rings. The first-order valence-corrected chi connectivity index (χ1v) is 10.3. The number of carbonyl (C=O) groups is 2. The molecule has 0 spiro atoms. The molecule has 7 heteroatoms. The molecular formula is C24H31NO6. The van der Waals surface area contributed by atoms with Crippen LogP contribution in [0.2, 0.25) is 0 Å². The smallest absolute Gasteiger partial charge is 0.336 e. The molecule has 1 aliphatic heterocycles. The van der Waals surface area contributed by atoms with Crippen molar-refractivity contribution in [3.8, 4) is 11.5 Å². The molecular weight excluding hydrogens is 398 g/mol. The van der Waals surface area contributed by atoms with Crippen LogP contribution >= 0.6 is 0 Å². The molecule has 0 amide bonds. The third kappa shape index (κ3) is 4.61. The van der Waals surface area contributed by atoms with Gasteiger partial charge in [-0.25, -0.2) is 4.79 Å². The Morgan fingerprint density at radius 3 is 2.45 bits per heavy atom. The van der Waals surface area contributed by atoms with Crippen LogP contribution in [0.5, 0.6) is 11.5 Å². The normalized spacial score (nSPS) is 20.2. The van der Waals surface area contributed by atoms with Gasteiger partial charge in [0.1, 0.15) is 6.61 Å². The van der Waals surface area contributed by atoms with Gasteiger partial charge in [0.2, 0.25) is 0 Å². The zero-order valence-corrected chi connectivity index (χ0v) is 19.1. The van der Waals surface area contributed by atoms with Crippen molar-refractivity contribution in [2.45, 2.75) is 39.5 Å². The molecule has 0 aromatic heterocycles. The maximum Gasteiger partial charge on any atom is 0.336 e. The van der Waals surface area contributed by atoms with E-state index in [2.05, 4.69) is 19.2 Å². The van der Waals surface area contributed by atoms with Crippen LogP contribution < -0.4 is 14.8 Å². The van der Waals surface area contributed by atoms with Gasteiger partial charge >= 0.3 is 5.97 Å². The van der Waals surface area contributed by atoms with Gasteiger partial charge in [-0.05, 0) is 36.5 Å². The van der Waals surface area contributed by atoms with Gasteiger partial charge in [-0.15, -0.1) is 0 Å². The molecule has 1 atom stereocenters. The quantitative estimate of drug-likeness (QED) is 0.525. The fraction of sp³-hybridized carbons (Fsp3) is 0.500. The first kappa shape index (κ1) is 22.9. The average Bonchev–Trinajstić information content (AvgIpc) is 2.71. The highest BCUT2D eigenvalue weighted by atomic mass is 16.6. The van der Waals surface area contributed by atoms with Gasteiger partial charge in [0, 0.05) is 36.4 Å². The number of methoxy groups -OCH3 is 3. The third-order valence-corrected chi connectivity index (χ3v) is 5.72. The van der Waals surface area contributed by atoms with Crippen molar-refractivity contribution in [2.75, 3.05) is 34.5 Å². The number of rotatable bonds is 7. The van der Waals surface area contributed by atoms with Crippen LogP contribution in [0, 0.1) is 5.41 Å². The topological polar surface area (TPSA) is 83.1 Å². The minimum atomic E-state index is -0.547. The number of dihydropyridines is 1. The van der Waals surface area contributed by atoms with Crippen LogP contribution in [0.25, 0.3) is 0 Å². The largest absolute Gasteiger partial charge is 0.493 e. The van der Waals surface area contributed by atoms with E-state index in [9.17, 15) is 9.59 Å². The van der Waals surface area contributed by atoms with Crippen molar-refractivity contribution in [3.63, 3.8) is 0 Å². The summed E-state index contributed by atoms with van der Waals surface area (Å²) < 4.78 is 21.3. The summed E-state index contributed by atoms with van der Waals surface area (Å²) >= 11 is 0. The van der Waals surface area contributed by atoms with Crippen molar-refractivity contribution in [2.24, 2.45) is 5.41 Å². The Labute approximate surface area is 183 Å². The van der Waals surface area contributed by atoms with Crippen LogP contribution in [0.15, 0.2) is 40.7 Å². The lowest BCUT2D eigenvalue weighted by molar-refractivity contribution is -0.140. The minimum Gasteiger partial charge on any atom is -0.493 e. The first-order valence-electron chi connectivity index (χ1n) is 10.3. The average molecular weight is 430 g/mol. The second kappa shape index (κ2) is 9.14. The van der Waals surface area contributed by atoms with Crippen molar-refractivity contribution < 1.29 is 28.5 Å². The summed E-state index contributed by atoms with van der Waals surface area (Å²) in [4.78, 5) is 26.4. The lowest BCUT2D eigenvalue weighted by Crippen LogP contribution is -2.38. The molecule has 0 bridgehead atoms. The van der Waals surface area contributed by atoms with Gasteiger partial charge in [-0.2, -0.15) is 0 Å². The second-order valence-electron chi connectivity index (χ2n) is 8.67. The molecule has 1 aromatic carbocycles. The highest BCUT2D eigenvalue weighted by Gasteiger charge is 2.43. The molecule has 0 saturated carbocycles. The van der Waals surface area contributed by atoms with E-state index in [4.69, 9.17) is 18.9 Å². The van der Waals surface area contributed by atoms with Crippen LogP contribution in [-0.4, -0.2) is 46.3 Å². The number of hydrogen-bond acceptors (Lipinski definition) is 7. The summed E-state index contributed by atoms with van der Waals surface area (Å²) in [5, 5.41) is 3.33. The van der Waals surface area contributed by atoms with E-state index >= 15 is 0 Å². The standard InChI is InChI=1S/C24H31NO6/c1-14-20(23(27)31-10-9-28-4)21(15-7-8-18(29-5)19(11-15)30-6)22-16(25-14)12-24(2,3)13-17(22)26/h7-8,11,21,25H,9-10,12-13H2,1-6H3/t21-/m1/s1. The van der Waals surface area contributed by atoms with Gasteiger partial charge in [-0.3, -0.25) is 4.79 Å². The lowest BCUT2D eigenvalue weighted by Gasteiger charge is -2.39. The highest BCUT2D eigenvalue weighted by Crippen LogP contribution is 2.47. The molecule has 1 aliphatic carbocycles. The molecule has 0 unspecified atom stereocenters. The number of hydrogen-bond donors (Lipinski definition) is 1. The molecule has 1 N–H and O–H groups in total. The lowest BCUT2D eigenvalue weighted by atomic mass is 9.68. The van der Waals surface area contributed by atoms with E-state index in [1.54, 1.807) is 27.4 Å². The number of Topliss-reactive ketones (excluding diaryl/α,β-unsaturated/α-hetero) is 1. The van der Waals surface area contributed by atoms with E-state index in [-0.39, 0.29) is 17.8 Å². The summed E-state index contributed by atoms with van der Waals surface area (Å²) in [6.07, 6.45) is 1.14. The van der Waals surface area contributed by atoms with E-state index < -0.39 is 11.9 Å². The van der Waals surface area contributed by atoms with Crippen LogP contribution in [-0.2, 0) is 19.1 Å². The van der Waals surface area contributed by atoms with Gasteiger partial charge in [0.25, 0.3) is 0 Å². The first-order chi connectivity index (χ1) is 14.7. The van der Waals surface area contributed by atoms with Crippen LogP contribution in [0.3, 0.4) is 0 Å². The Balaban J connectivity index is 2.13. The SMILES string of the molecule is COCCOC(=O)C1=C(C)NC2=C(C(=O)CC(C)(C)C2)[C@@H]1c1ccc(OC)c(OC)c1. The summed E-state index contributed by atoms with van der Waals surface area (Å²) in [6.45, 7) is 6.44. The number of ketones is 1. The summed E-state index contributed by atoms with van der Waals surface area (Å²) in [5.74, 6) is 0.137. The number of ether oxygens (including phenoxy) is 4. The Hall–Kier alpha value is -2.80. The molecule has 31 heavy (non-hydrogen) atoms. The van der Waals surface area contributed by atoms with Crippen molar-refractivity contribution in [1.29, 1.82) is 0 Å². The third-order valence-electron chi connectivity index (χ3n) is 5.72. The zero-order chi connectivity index (χ0) is 22.8. The number of allylic oxidation sites excluding steroid dienone is 3. The van der Waals surface area contributed by atoms with Crippen LogP contribution in [0.4, 0.5) is 0 Å². The van der Waals surface area contributed by atoms with Crippen molar-refractivity contribution in [3.05, 3.63) is 46.3 Å². The number of carbonyl (C=O) groups excluding carboxylic acids is 2. The number of benzene rings is 1. The molecule has 1 heterocycles. The molecule has 0 fully saturated rings. The summed E-state index contributed by atoms with van der Waals surface area (Å²) in [5.41, 5.74) is 3.23. The molecule has 0 radical (unpaired) electrons. The molecule has 2 aliphatic rings. The minimum absolute atomic E-state index is 0.0354. The van der Waals surface area contributed by atoms with Crippen molar-refractivity contribution >= 4 is 11.8 Å². The Bertz CT molecular complexity index is 943. The number of nitrogens with one attached hydrogen (secondary N) is 1. The zero-order valence-electron chi connectivity index (χ0n) is 19.1. The van der Waals surface area contributed by atoms with Gasteiger partial charge in [0.15, 0.2) is 17.3 Å². The molecule has 0 saturated heterocycles. The second-order valence-corrected chi connectivity index (χ2v) is 8.67. The van der Waals surface area contributed by atoms with Gasteiger partial charge in [-0.1, -0.05) is 19.9 Å². The van der Waals surface area contributed by atoms with Gasteiger partial charge in [0.05, 0.1) is 26.4 Å². The van der Waals surface area contributed by atoms with Crippen molar-refractivity contribution in [1.82, 2.24) is 5.32 Å². The predicted octanol–water partition coefficient (Wildman–Crippen LogP) is 3.50. The molecule has 3 rings (SSSR count). The monoisotopic (exact) mass is 429 g/mol. The van der Waals surface area contributed by atoms with E-state index in [0.29, 0.717) is 41.4 Å². The predicted molar refractivity (Wildman–Crippen MR) is 116 cm³/mol. The Morgan fingerprint density at radius 1 is 1.10 bits per heavy atom. The van der Waals surface area contributed by atoms with E-state index in [1.165, 1.54) is 0 Å². The Kier molecular flexibility index (Phi) is 6.74. The summed E-state index contributed by atoms with van der Waals surface area (Å²) in [7, 11) is 4.68. The van der Waals surface area contributed by atoms with E-state index in [1.807, 2.05) is 19.1 Å². The molecule has 168 valence electrons. The number of esters is 1. The Morgan fingerprint density at radius 2 is 1.81 bits per heavy atom. The maximum absolute atomic E-state index is 13.3. The van der Waals surface area contributed by atoms with E-state index in [0.717, 1.165) is 17.7 Å². The fourth-order valence-corrected chi connectivity index (χ4v) is 4.37. The highest BCUT2D eigenvalue weighted by molar-refractivity contribution is 6.04. The fourth-order valence-electron chi connectivity index (χ4n) is 4.37. The van der Waals surface area contributed by atoms with Gasteiger partial charge < -0.3 is 24.3 Å². The maximum atomic E-state index is 13.3. The molecule has 7 nitrogen and oxygen atoms in total. The van der Waals surface area contributed by atoms with Crippen LogP contribution in [0.1, 0.15) is 45.1 Å². The summed E-state index contributed by atoms with van der Waals surface area (Å²) in [6, 6.07) is 5.48.